The van der Waals surface area contributed by atoms with E-state index in [4.69, 9.17) is 44.9 Å². The average molecular weight is 1240 g/mol. The van der Waals surface area contributed by atoms with Crippen LogP contribution in [0.2, 0.25) is 0 Å². The Morgan fingerprint density at radius 3 is 1.09 bits per heavy atom. The van der Waals surface area contributed by atoms with Crippen molar-refractivity contribution in [2.45, 2.75) is 0 Å². The summed E-state index contributed by atoms with van der Waals surface area (Å²) in [5.41, 5.74) is 17.8. The van der Waals surface area contributed by atoms with E-state index in [-0.39, 0.29) is 0 Å². The molecule has 18 rings (SSSR count). The lowest BCUT2D eigenvalue weighted by Crippen LogP contribution is -2.00. The normalized spacial score (nSPS) is 11.4. The lowest BCUT2D eigenvalue weighted by molar-refractivity contribution is 1.07. The zero-order valence-corrected chi connectivity index (χ0v) is 51.8. The minimum Gasteiger partial charge on any atom is -0.243 e. The first-order chi connectivity index (χ1) is 46.5. The average Bonchev–Trinajstić information content (AvgIpc) is 1.57. The third-order valence-corrected chi connectivity index (χ3v) is 19.0. The van der Waals surface area contributed by atoms with E-state index in [0.29, 0.717) is 34.9 Å². The highest BCUT2D eigenvalue weighted by Crippen LogP contribution is 2.43. The van der Waals surface area contributed by atoms with Crippen molar-refractivity contribution < 1.29 is 0 Å². The topological polar surface area (TPSA) is 129 Å². The third-order valence-electron chi connectivity index (χ3n) is 16.8. The number of pyridine rings is 2. The summed E-state index contributed by atoms with van der Waals surface area (Å²) in [4.78, 5) is 50.2. The number of hydrogen-bond donors (Lipinski definition) is 0. The Balaban J connectivity index is 0.000000143. The number of thiophene rings is 2. The Morgan fingerprint density at radius 1 is 0.234 bits per heavy atom. The molecule has 0 bridgehead atoms. The molecule has 440 valence electrons. The van der Waals surface area contributed by atoms with Gasteiger partial charge in [-0.25, -0.2) is 49.8 Å². The molecule has 0 amide bonds. The molecule has 0 aliphatic carbocycles. The Bertz CT molecular complexity index is 5810. The maximum absolute atomic E-state index is 5.07. The number of benzene rings is 11. The second-order valence-corrected chi connectivity index (χ2v) is 24.8. The van der Waals surface area contributed by atoms with Gasteiger partial charge in [0.25, 0.3) is 0 Å². The van der Waals surface area contributed by atoms with Crippen molar-refractivity contribution >= 4 is 85.3 Å². The van der Waals surface area contributed by atoms with Gasteiger partial charge in [-0.15, -0.1) is 22.7 Å². The van der Waals surface area contributed by atoms with Crippen molar-refractivity contribution in [2.24, 2.45) is 0 Å². The highest BCUT2D eigenvalue weighted by molar-refractivity contribution is 7.26. The van der Waals surface area contributed by atoms with Crippen LogP contribution in [0.1, 0.15) is 0 Å². The lowest BCUT2D eigenvalue weighted by Gasteiger charge is -2.10. The van der Waals surface area contributed by atoms with Gasteiger partial charge in [0, 0.05) is 76.1 Å². The molecule has 0 aliphatic heterocycles. The predicted molar refractivity (Wildman–Crippen MR) is 386 cm³/mol. The number of nitrogens with zero attached hydrogens (tertiary/aromatic N) is 10. The predicted octanol–water partition coefficient (Wildman–Crippen LogP) is 21.0. The van der Waals surface area contributed by atoms with Gasteiger partial charge in [-0.1, -0.05) is 261 Å². The van der Waals surface area contributed by atoms with Crippen LogP contribution in [0, 0.1) is 0 Å². The first-order valence-electron chi connectivity index (χ1n) is 30.8. The second kappa shape index (κ2) is 24.2. The summed E-state index contributed by atoms with van der Waals surface area (Å²) in [5.74, 6) is 3.79. The Hall–Kier alpha value is -12.2. The summed E-state index contributed by atoms with van der Waals surface area (Å²) in [7, 11) is 0. The van der Waals surface area contributed by atoms with Crippen LogP contribution >= 0.6 is 22.7 Å². The van der Waals surface area contributed by atoms with Crippen LogP contribution < -0.4 is 0 Å². The Kier molecular flexibility index (Phi) is 14.4. The van der Waals surface area contributed by atoms with Gasteiger partial charge >= 0.3 is 0 Å². The first-order valence-corrected chi connectivity index (χ1v) is 32.5. The molecule has 0 spiro atoms. The molecule has 11 aromatic carbocycles. The Morgan fingerprint density at radius 2 is 0.596 bits per heavy atom. The van der Waals surface area contributed by atoms with E-state index in [1.165, 1.54) is 31.3 Å². The van der Waals surface area contributed by atoms with Gasteiger partial charge in [0.15, 0.2) is 40.6 Å². The maximum atomic E-state index is 5.07. The molecule has 12 heteroatoms. The minimum absolute atomic E-state index is 0.618. The lowest BCUT2D eigenvalue weighted by atomic mass is 10.0. The summed E-state index contributed by atoms with van der Waals surface area (Å²) < 4.78 is 3.60. The summed E-state index contributed by atoms with van der Waals surface area (Å²) in [6.45, 7) is 0. The van der Waals surface area contributed by atoms with Crippen LogP contribution in [0.25, 0.3) is 176 Å². The van der Waals surface area contributed by atoms with Gasteiger partial charge in [-0.2, -0.15) is 0 Å². The molecule has 18 aromatic rings. The van der Waals surface area contributed by atoms with Gasteiger partial charge in [-0.3, -0.25) is 0 Å². The number of fused-ring (bicyclic) bond motifs is 9. The van der Waals surface area contributed by atoms with Crippen LogP contribution in [-0.4, -0.2) is 49.8 Å². The van der Waals surface area contributed by atoms with Gasteiger partial charge in [0.1, 0.15) is 10.3 Å². The quantitative estimate of drug-likeness (QED) is 0.130. The van der Waals surface area contributed by atoms with E-state index in [9.17, 15) is 0 Å². The molecule has 0 fully saturated rings. The minimum atomic E-state index is 0.618. The van der Waals surface area contributed by atoms with Gasteiger partial charge in [0.2, 0.25) is 0 Å². The molecule has 7 aromatic heterocycles. The number of rotatable bonds is 10. The fourth-order valence-electron chi connectivity index (χ4n) is 12.0. The summed E-state index contributed by atoms with van der Waals surface area (Å²) >= 11 is 3.46. The highest BCUT2D eigenvalue weighted by Gasteiger charge is 2.20. The molecular weight excluding hydrogens is 1190 g/mol. The zero-order chi connectivity index (χ0) is 62.3. The molecule has 0 saturated carbocycles. The fraction of sp³-hybridized carbons (Fsp3) is 0. The molecular formula is C82H50N10S2. The molecule has 0 radical (unpaired) electrons. The van der Waals surface area contributed by atoms with Crippen molar-refractivity contribution in [3.05, 3.63) is 303 Å². The van der Waals surface area contributed by atoms with Crippen molar-refractivity contribution in [1.29, 1.82) is 0 Å². The molecule has 0 N–H and O–H groups in total. The summed E-state index contributed by atoms with van der Waals surface area (Å²) in [6, 6.07) is 102. The van der Waals surface area contributed by atoms with Crippen molar-refractivity contribution in [1.82, 2.24) is 49.8 Å². The van der Waals surface area contributed by atoms with E-state index >= 15 is 0 Å². The number of aromatic nitrogens is 10. The van der Waals surface area contributed by atoms with Gasteiger partial charge in [0.05, 0.1) is 21.4 Å². The largest absolute Gasteiger partial charge is 0.243 e. The molecule has 0 unspecified atom stereocenters. The molecule has 94 heavy (non-hydrogen) atoms. The van der Waals surface area contributed by atoms with E-state index in [2.05, 4.69) is 223 Å². The molecule has 0 aliphatic rings. The van der Waals surface area contributed by atoms with Crippen LogP contribution in [0.3, 0.4) is 0 Å². The van der Waals surface area contributed by atoms with E-state index in [1.54, 1.807) is 28.9 Å². The molecule has 10 nitrogen and oxygen atoms in total. The van der Waals surface area contributed by atoms with Crippen molar-refractivity contribution in [3.8, 4) is 113 Å². The summed E-state index contributed by atoms with van der Waals surface area (Å²) in [6.07, 6.45) is 1.81. The number of hydrogen-bond acceptors (Lipinski definition) is 12. The fourth-order valence-corrected chi connectivity index (χ4v) is 14.3. The van der Waals surface area contributed by atoms with Gasteiger partial charge in [-0.05, 0) is 69.8 Å². The molecule has 0 atom stereocenters. The maximum Gasteiger partial charge on any atom is 0.164 e. The van der Waals surface area contributed by atoms with Crippen LogP contribution in [0.15, 0.2) is 303 Å². The first kappa shape index (κ1) is 55.8. The highest BCUT2D eigenvalue weighted by atomic mass is 32.1. The van der Waals surface area contributed by atoms with Crippen molar-refractivity contribution in [3.63, 3.8) is 0 Å². The SMILES string of the molecule is c1ccc(-c2ccc(-c3nc(-c4ccccc4)nc(-c4ccc(-c5ccc6nc7sc8ccccc8c7nc6c5)cc4)n3)cc2)cc1.c1ccc(-c2ccc(-c3nc(-c4ccccc4)nc(-c4ccc(-c5nc6ncccc6c6c5sc5ccccc56)cc4)n3)cc2)cc1. The zero-order valence-electron chi connectivity index (χ0n) is 50.2. The molecule has 7 heterocycles. The van der Waals surface area contributed by atoms with E-state index in [1.807, 2.05) is 78.9 Å². The molecule has 0 saturated heterocycles. The van der Waals surface area contributed by atoms with Gasteiger partial charge < -0.3 is 0 Å². The third kappa shape index (κ3) is 10.8. The monoisotopic (exact) mass is 1240 g/mol. The van der Waals surface area contributed by atoms with E-state index in [0.717, 1.165) is 109 Å². The standard InChI is InChI=1S/2C41H25N5S/c1-3-10-26(11-4-1)27-17-21-30(22-18-27)39-44-38(29-12-5-2-6-13-29)45-40(46-39)31-23-19-28(20-24-31)36-37-35(32-14-7-8-16-34(32)47-37)33-15-9-25-42-41(33)43-36;1-3-9-26(10-4-1)27-15-19-30(20-16-27)39-44-38(29-11-5-2-6-12-29)45-40(46-39)31-21-17-28(18-22-31)32-23-24-34-35(25-32)42-37-33-13-7-8-14-36(33)47-41(37)43-34/h2*1-25H. The second-order valence-electron chi connectivity index (χ2n) is 22.7. The van der Waals surface area contributed by atoms with Crippen molar-refractivity contribution in [2.75, 3.05) is 0 Å². The smallest absolute Gasteiger partial charge is 0.164 e. The van der Waals surface area contributed by atoms with Crippen LogP contribution in [0.5, 0.6) is 0 Å². The van der Waals surface area contributed by atoms with E-state index < -0.39 is 0 Å². The Labute approximate surface area is 548 Å². The van der Waals surface area contributed by atoms with Crippen LogP contribution in [0.4, 0.5) is 0 Å². The summed E-state index contributed by atoms with van der Waals surface area (Å²) in [5, 5.41) is 4.66. The van der Waals surface area contributed by atoms with Crippen LogP contribution in [-0.2, 0) is 0 Å².